The van der Waals surface area contributed by atoms with Gasteiger partial charge in [-0.25, -0.2) is 8.42 Å². The van der Waals surface area contributed by atoms with Crippen molar-refractivity contribution in [1.82, 2.24) is 14.4 Å². The van der Waals surface area contributed by atoms with Gasteiger partial charge in [0.25, 0.3) is 0 Å². The minimum Gasteiger partial charge on any atom is -0.495 e. The van der Waals surface area contributed by atoms with Crippen molar-refractivity contribution in [2.75, 3.05) is 7.11 Å². The molecule has 1 saturated carbocycles. The highest BCUT2D eigenvalue weighted by atomic mass is 35.5. The lowest BCUT2D eigenvalue weighted by atomic mass is 9.95. The third-order valence-corrected chi connectivity index (χ3v) is 7.96. The monoisotopic (exact) mass is 495 g/mol. The summed E-state index contributed by atoms with van der Waals surface area (Å²) < 4.78 is 39.7. The summed E-state index contributed by atoms with van der Waals surface area (Å²) in [7, 11) is -2.51. The summed E-state index contributed by atoms with van der Waals surface area (Å²) in [5, 5.41) is 4.94. The van der Waals surface area contributed by atoms with Gasteiger partial charge in [0.2, 0.25) is 21.7 Å². The highest BCUT2D eigenvalue weighted by Gasteiger charge is 2.36. The fraction of sp³-hybridized carbons (Fsp3) is 0.364. The molecule has 1 aromatic heterocycles. The molecule has 1 heterocycles. The van der Waals surface area contributed by atoms with E-state index >= 15 is 0 Å². The second kappa shape index (κ2) is 9.79. The van der Waals surface area contributed by atoms with Crippen molar-refractivity contribution in [1.29, 1.82) is 0 Å². The van der Waals surface area contributed by atoms with Gasteiger partial charge in [-0.3, -0.25) is 0 Å². The molecule has 1 aliphatic rings. The summed E-state index contributed by atoms with van der Waals surface area (Å²) in [6.07, 6.45) is 4.54. The molecule has 170 valence electrons. The lowest BCUT2D eigenvalue weighted by Crippen LogP contribution is -2.41. The van der Waals surface area contributed by atoms with Gasteiger partial charge in [0.15, 0.2) is 0 Å². The minimum atomic E-state index is -3.95. The van der Waals surface area contributed by atoms with Gasteiger partial charge in [0.1, 0.15) is 10.6 Å². The second-order valence-electron chi connectivity index (χ2n) is 7.66. The Morgan fingerprint density at radius 3 is 2.44 bits per heavy atom. The van der Waals surface area contributed by atoms with E-state index < -0.39 is 10.0 Å². The van der Waals surface area contributed by atoms with Gasteiger partial charge in [0, 0.05) is 21.7 Å². The van der Waals surface area contributed by atoms with Crippen LogP contribution in [0.25, 0.3) is 11.4 Å². The Morgan fingerprint density at radius 1 is 1.06 bits per heavy atom. The molecular weight excluding hydrogens is 473 g/mol. The van der Waals surface area contributed by atoms with E-state index in [9.17, 15) is 8.42 Å². The van der Waals surface area contributed by atoms with Crippen LogP contribution >= 0.6 is 23.2 Å². The Balaban J connectivity index is 1.69. The number of sulfonamides is 1. The van der Waals surface area contributed by atoms with Gasteiger partial charge >= 0.3 is 0 Å². The summed E-state index contributed by atoms with van der Waals surface area (Å²) in [4.78, 5) is 4.45. The SMILES string of the molecule is COc1ccc(Cl)cc1S(=O)(=O)N(Cc1nc(-c2ccc(Cl)cc2)no1)C1CCCCC1. The second-order valence-corrected chi connectivity index (χ2v) is 10.4. The summed E-state index contributed by atoms with van der Waals surface area (Å²) >= 11 is 12.1. The van der Waals surface area contributed by atoms with Gasteiger partial charge in [-0.05, 0) is 55.3 Å². The quantitative estimate of drug-likeness (QED) is 0.425. The van der Waals surface area contributed by atoms with Crippen LogP contribution in [0.3, 0.4) is 0 Å². The Bertz CT molecular complexity index is 1180. The molecule has 1 aliphatic carbocycles. The van der Waals surface area contributed by atoms with Crippen LogP contribution in [0.1, 0.15) is 38.0 Å². The number of nitrogens with zero attached hydrogens (tertiary/aromatic N) is 3. The topological polar surface area (TPSA) is 85.5 Å². The third-order valence-electron chi connectivity index (χ3n) is 5.56. The van der Waals surface area contributed by atoms with Crippen molar-refractivity contribution in [3.8, 4) is 17.1 Å². The first-order valence-corrected chi connectivity index (χ1v) is 12.5. The molecule has 2 aromatic carbocycles. The molecule has 10 heteroatoms. The fourth-order valence-corrected chi connectivity index (χ4v) is 6.11. The van der Waals surface area contributed by atoms with Crippen molar-refractivity contribution in [3.63, 3.8) is 0 Å². The van der Waals surface area contributed by atoms with Gasteiger partial charge in [0.05, 0.1) is 13.7 Å². The van der Waals surface area contributed by atoms with Crippen LogP contribution < -0.4 is 4.74 Å². The summed E-state index contributed by atoms with van der Waals surface area (Å²) in [6.45, 7) is -0.0384. The Labute approximate surface area is 197 Å². The van der Waals surface area contributed by atoms with E-state index in [2.05, 4.69) is 10.1 Å². The summed E-state index contributed by atoms with van der Waals surface area (Å²) in [6, 6.07) is 11.4. The average molecular weight is 496 g/mol. The smallest absolute Gasteiger partial charge is 0.247 e. The van der Waals surface area contributed by atoms with Crippen molar-refractivity contribution in [2.45, 2.75) is 49.6 Å². The molecule has 32 heavy (non-hydrogen) atoms. The van der Waals surface area contributed by atoms with Crippen LogP contribution in [0, 0.1) is 0 Å². The maximum absolute atomic E-state index is 13.8. The van der Waals surface area contributed by atoms with E-state index in [1.54, 1.807) is 36.4 Å². The molecule has 7 nitrogen and oxygen atoms in total. The van der Waals surface area contributed by atoms with Crippen LogP contribution in [-0.4, -0.2) is 36.0 Å². The molecule has 0 saturated heterocycles. The number of rotatable bonds is 7. The highest BCUT2D eigenvalue weighted by Crippen LogP contribution is 2.34. The first-order valence-electron chi connectivity index (χ1n) is 10.3. The van der Waals surface area contributed by atoms with Crippen LogP contribution in [0.4, 0.5) is 0 Å². The largest absolute Gasteiger partial charge is 0.495 e. The van der Waals surface area contributed by atoms with Crippen molar-refractivity contribution < 1.29 is 17.7 Å². The molecule has 0 atom stereocenters. The highest BCUT2D eigenvalue weighted by molar-refractivity contribution is 7.89. The standard InChI is InChI=1S/C22H23Cl2N3O4S/c1-30-19-12-11-17(24)13-20(19)32(28,29)27(18-5-3-2-4-6-18)14-21-25-22(26-31-21)15-7-9-16(23)10-8-15/h7-13,18H,2-6,14H2,1H3. The van der Waals surface area contributed by atoms with E-state index in [1.165, 1.54) is 17.5 Å². The zero-order valence-corrected chi connectivity index (χ0v) is 19.8. The minimum absolute atomic E-state index is 0.0236. The predicted octanol–water partition coefficient (Wildman–Crippen LogP) is 5.58. The number of hydrogen-bond donors (Lipinski definition) is 0. The first-order chi connectivity index (χ1) is 15.4. The van der Waals surface area contributed by atoms with E-state index in [0.29, 0.717) is 15.9 Å². The number of aromatic nitrogens is 2. The molecule has 4 rings (SSSR count). The predicted molar refractivity (Wildman–Crippen MR) is 122 cm³/mol. The molecular formula is C22H23Cl2N3O4S. The summed E-state index contributed by atoms with van der Waals surface area (Å²) in [5.41, 5.74) is 0.730. The maximum Gasteiger partial charge on any atom is 0.247 e. The van der Waals surface area contributed by atoms with Gasteiger partial charge in [-0.1, -0.05) is 47.6 Å². The average Bonchev–Trinajstić information content (AvgIpc) is 3.27. The van der Waals surface area contributed by atoms with Crippen LogP contribution in [-0.2, 0) is 16.6 Å². The zero-order chi connectivity index (χ0) is 22.7. The fourth-order valence-electron chi connectivity index (χ4n) is 3.93. The molecule has 0 spiro atoms. The van der Waals surface area contributed by atoms with Crippen LogP contribution in [0.15, 0.2) is 51.9 Å². The van der Waals surface area contributed by atoms with Crippen LogP contribution in [0.5, 0.6) is 5.75 Å². The molecule has 3 aromatic rings. The third kappa shape index (κ3) is 4.93. The molecule has 0 radical (unpaired) electrons. The van der Waals surface area contributed by atoms with Crippen LogP contribution in [0.2, 0.25) is 10.0 Å². The van der Waals surface area contributed by atoms with Crippen molar-refractivity contribution >= 4 is 33.2 Å². The van der Waals surface area contributed by atoms with E-state index in [-0.39, 0.29) is 29.1 Å². The first kappa shape index (κ1) is 23.0. The number of halogens is 2. The Kier molecular flexibility index (Phi) is 7.05. The zero-order valence-electron chi connectivity index (χ0n) is 17.5. The number of hydrogen-bond acceptors (Lipinski definition) is 6. The van der Waals surface area contributed by atoms with E-state index in [1.807, 2.05) is 0 Å². The van der Waals surface area contributed by atoms with Crippen molar-refractivity contribution in [2.24, 2.45) is 0 Å². The van der Waals surface area contributed by atoms with E-state index in [0.717, 1.165) is 37.7 Å². The van der Waals surface area contributed by atoms with Gasteiger partial charge in [-0.15, -0.1) is 0 Å². The normalized spacial score (nSPS) is 15.2. The lowest BCUT2D eigenvalue weighted by Gasteiger charge is -2.32. The molecule has 0 aliphatic heterocycles. The van der Waals surface area contributed by atoms with Gasteiger partial charge < -0.3 is 9.26 Å². The summed E-state index contributed by atoms with van der Waals surface area (Å²) in [5.74, 6) is 0.825. The van der Waals surface area contributed by atoms with Gasteiger partial charge in [-0.2, -0.15) is 9.29 Å². The molecule has 1 fully saturated rings. The van der Waals surface area contributed by atoms with E-state index in [4.69, 9.17) is 32.5 Å². The lowest BCUT2D eigenvalue weighted by molar-refractivity contribution is 0.222. The van der Waals surface area contributed by atoms with Crippen molar-refractivity contribution in [3.05, 3.63) is 58.4 Å². The molecule has 0 unspecified atom stereocenters. The maximum atomic E-state index is 13.8. The number of methoxy groups -OCH3 is 1. The molecule has 0 N–H and O–H groups in total. The Morgan fingerprint density at radius 2 is 1.75 bits per heavy atom. The molecule has 0 amide bonds. The number of ether oxygens (including phenoxy) is 1. The Hall–Kier alpha value is -2.13. The number of benzene rings is 2. The molecule has 0 bridgehead atoms.